The third kappa shape index (κ3) is 5.54. The molecule has 9 heteroatoms. The van der Waals surface area contributed by atoms with Crippen LogP contribution < -0.4 is 24.3 Å². The molecule has 0 spiro atoms. The summed E-state index contributed by atoms with van der Waals surface area (Å²) in [6.45, 7) is 1.91. The fraction of sp³-hybridized carbons (Fsp3) is 0.312. The molecule has 3 aromatic rings. The van der Waals surface area contributed by atoms with E-state index in [1.165, 1.54) is 4.88 Å². The number of rotatable bonds is 9. The van der Waals surface area contributed by atoms with Gasteiger partial charge in [0, 0.05) is 45.8 Å². The molecule has 0 fully saturated rings. The van der Waals surface area contributed by atoms with Crippen LogP contribution in [0.5, 0.6) is 23.0 Å². The summed E-state index contributed by atoms with van der Waals surface area (Å²) in [5.41, 5.74) is 3.78. The van der Waals surface area contributed by atoms with Gasteiger partial charge in [0.25, 0.3) is 0 Å². The Hall–Kier alpha value is -4.24. The number of hydrogen-bond donors (Lipinski definition) is 1. The Morgan fingerprint density at radius 3 is 2.27 bits per heavy atom. The van der Waals surface area contributed by atoms with E-state index in [4.69, 9.17) is 23.7 Å². The molecular formula is C32H33NO7S. The summed E-state index contributed by atoms with van der Waals surface area (Å²) in [5, 5.41) is 5.43. The average molecular weight is 576 g/mol. The Morgan fingerprint density at radius 1 is 0.927 bits per heavy atom. The SMILES string of the molecule is COc1ccc(COC(=O)C2=C(C)NC3=C(C(=O)CC(c4cccs4)C3)C2c2cc(OC)c(OC)cc2OC)cc1. The van der Waals surface area contributed by atoms with Crippen molar-refractivity contribution in [2.45, 2.75) is 38.2 Å². The van der Waals surface area contributed by atoms with Gasteiger partial charge in [0.15, 0.2) is 17.3 Å². The van der Waals surface area contributed by atoms with Crippen molar-refractivity contribution in [3.63, 3.8) is 0 Å². The predicted molar refractivity (Wildman–Crippen MR) is 156 cm³/mol. The molecule has 2 unspecified atom stereocenters. The standard InChI is InChI=1S/C32H33NO7S/c1-18-29(32(35)40-17-19-8-10-21(36-2)11-9-19)30(22-15-26(38-4)27(39-5)16-25(22)37-3)31-23(33-18)13-20(14-24(31)34)28-7-6-12-41-28/h6-12,15-16,20,30,33H,13-14,17H2,1-5H3. The summed E-state index contributed by atoms with van der Waals surface area (Å²) in [7, 11) is 6.24. The summed E-state index contributed by atoms with van der Waals surface area (Å²) in [6.07, 6.45) is 1.000. The summed E-state index contributed by atoms with van der Waals surface area (Å²) >= 11 is 1.65. The van der Waals surface area contributed by atoms with Crippen molar-refractivity contribution >= 4 is 23.1 Å². The van der Waals surface area contributed by atoms with Gasteiger partial charge in [0.1, 0.15) is 18.1 Å². The molecule has 1 N–H and O–H groups in total. The Morgan fingerprint density at radius 2 is 1.63 bits per heavy atom. The molecule has 41 heavy (non-hydrogen) atoms. The largest absolute Gasteiger partial charge is 0.497 e. The van der Waals surface area contributed by atoms with Crippen molar-refractivity contribution in [1.82, 2.24) is 5.32 Å². The zero-order chi connectivity index (χ0) is 29.1. The number of carbonyl (C=O) groups is 2. The summed E-state index contributed by atoms with van der Waals surface area (Å²) in [5.74, 6) is 0.939. The molecule has 8 nitrogen and oxygen atoms in total. The monoisotopic (exact) mass is 575 g/mol. The molecule has 2 atom stereocenters. The van der Waals surface area contributed by atoms with Gasteiger partial charge >= 0.3 is 5.97 Å². The van der Waals surface area contributed by atoms with E-state index in [-0.39, 0.29) is 18.3 Å². The number of hydrogen-bond acceptors (Lipinski definition) is 9. The van der Waals surface area contributed by atoms with E-state index in [0.717, 1.165) is 11.3 Å². The molecule has 0 saturated heterocycles. The summed E-state index contributed by atoms with van der Waals surface area (Å²) < 4.78 is 27.9. The van der Waals surface area contributed by atoms with Gasteiger partial charge in [0.2, 0.25) is 0 Å². The van der Waals surface area contributed by atoms with Gasteiger partial charge in [-0.1, -0.05) is 18.2 Å². The van der Waals surface area contributed by atoms with E-state index in [1.807, 2.05) is 42.6 Å². The van der Waals surface area contributed by atoms with Crippen LogP contribution in [0.15, 0.2) is 76.5 Å². The number of benzene rings is 2. The van der Waals surface area contributed by atoms with Crippen LogP contribution in [0.1, 0.15) is 47.6 Å². The maximum atomic E-state index is 13.9. The van der Waals surface area contributed by atoms with E-state index < -0.39 is 11.9 Å². The van der Waals surface area contributed by atoms with Crippen LogP contribution in [0.25, 0.3) is 0 Å². The Bertz CT molecular complexity index is 1510. The quantitative estimate of drug-likeness (QED) is 0.316. The number of nitrogens with one attached hydrogen (secondary N) is 1. The second-order valence-electron chi connectivity index (χ2n) is 9.91. The van der Waals surface area contributed by atoms with Crippen LogP contribution in [-0.4, -0.2) is 40.2 Å². The molecule has 2 heterocycles. The van der Waals surface area contributed by atoms with E-state index in [1.54, 1.807) is 51.9 Å². The van der Waals surface area contributed by atoms with Gasteiger partial charge in [-0.2, -0.15) is 0 Å². The molecule has 1 aliphatic carbocycles. The number of ether oxygens (including phenoxy) is 5. The van der Waals surface area contributed by atoms with Crippen LogP contribution >= 0.6 is 11.3 Å². The number of allylic oxidation sites excluding steroid dienone is 3. The molecule has 0 saturated carbocycles. The third-order valence-electron chi connectivity index (χ3n) is 7.57. The minimum absolute atomic E-state index is 0.0213. The fourth-order valence-corrected chi connectivity index (χ4v) is 6.40. The van der Waals surface area contributed by atoms with Gasteiger partial charge in [-0.05, 0) is 48.6 Å². The van der Waals surface area contributed by atoms with Crippen LogP contribution in [0, 0.1) is 0 Å². The van der Waals surface area contributed by atoms with Crippen molar-refractivity contribution in [3.05, 3.63) is 92.5 Å². The lowest BCUT2D eigenvalue weighted by Gasteiger charge is -2.37. The maximum absolute atomic E-state index is 13.9. The molecular weight excluding hydrogens is 542 g/mol. The third-order valence-corrected chi connectivity index (χ3v) is 8.60. The molecule has 0 bridgehead atoms. The molecule has 2 aliphatic rings. The van der Waals surface area contributed by atoms with Gasteiger partial charge < -0.3 is 29.0 Å². The fourth-order valence-electron chi connectivity index (χ4n) is 5.57. The Labute approximate surface area is 243 Å². The minimum atomic E-state index is -0.721. The molecule has 1 aliphatic heterocycles. The van der Waals surface area contributed by atoms with Crippen LogP contribution in [0.2, 0.25) is 0 Å². The van der Waals surface area contributed by atoms with Crippen molar-refractivity contribution in [1.29, 1.82) is 0 Å². The van der Waals surface area contributed by atoms with Crippen LogP contribution in [0.4, 0.5) is 0 Å². The number of esters is 1. The number of methoxy groups -OCH3 is 4. The zero-order valence-electron chi connectivity index (χ0n) is 23.7. The normalized spacial score (nSPS) is 18.4. The van der Waals surface area contributed by atoms with Crippen molar-refractivity contribution in [3.8, 4) is 23.0 Å². The van der Waals surface area contributed by atoms with E-state index in [0.29, 0.717) is 58.2 Å². The van der Waals surface area contributed by atoms with Gasteiger partial charge in [-0.25, -0.2) is 4.79 Å². The van der Waals surface area contributed by atoms with Crippen molar-refractivity contribution in [2.24, 2.45) is 0 Å². The van der Waals surface area contributed by atoms with Crippen molar-refractivity contribution in [2.75, 3.05) is 28.4 Å². The number of thiophene rings is 1. The van der Waals surface area contributed by atoms with Gasteiger partial charge in [-0.3, -0.25) is 4.79 Å². The lowest BCUT2D eigenvalue weighted by Crippen LogP contribution is -2.36. The minimum Gasteiger partial charge on any atom is -0.497 e. The number of carbonyl (C=O) groups excluding carboxylic acids is 2. The number of dihydropyridines is 1. The first-order valence-corrected chi connectivity index (χ1v) is 14.1. The first-order chi connectivity index (χ1) is 19.9. The smallest absolute Gasteiger partial charge is 0.337 e. The predicted octanol–water partition coefficient (Wildman–Crippen LogP) is 5.89. The second kappa shape index (κ2) is 12.1. The highest BCUT2D eigenvalue weighted by atomic mass is 32.1. The first-order valence-electron chi connectivity index (χ1n) is 13.3. The highest BCUT2D eigenvalue weighted by molar-refractivity contribution is 7.10. The molecule has 1 aromatic heterocycles. The Kier molecular flexibility index (Phi) is 8.35. The van der Waals surface area contributed by atoms with E-state index in [9.17, 15) is 9.59 Å². The lowest BCUT2D eigenvalue weighted by atomic mass is 9.72. The maximum Gasteiger partial charge on any atom is 0.337 e. The topological polar surface area (TPSA) is 92.3 Å². The second-order valence-corrected chi connectivity index (χ2v) is 10.9. The van der Waals surface area contributed by atoms with Gasteiger partial charge in [-0.15, -0.1) is 11.3 Å². The number of Topliss-reactive ketones (excluding diaryl/α,β-unsaturated/α-hetero) is 1. The molecule has 0 radical (unpaired) electrons. The summed E-state index contributed by atoms with van der Waals surface area (Å²) in [6, 6.07) is 14.9. The molecule has 214 valence electrons. The molecule has 5 rings (SSSR count). The highest BCUT2D eigenvalue weighted by Gasteiger charge is 2.43. The van der Waals surface area contributed by atoms with Crippen molar-refractivity contribution < 1.29 is 33.3 Å². The molecule has 2 aromatic carbocycles. The average Bonchev–Trinajstić information content (AvgIpc) is 3.54. The van der Waals surface area contributed by atoms with Gasteiger partial charge in [0.05, 0.1) is 39.9 Å². The van der Waals surface area contributed by atoms with Crippen LogP contribution in [-0.2, 0) is 20.9 Å². The number of ketones is 1. The van der Waals surface area contributed by atoms with Crippen LogP contribution in [0.3, 0.4) is 0 Å². The summed E-state index contributed by atoms with van der Waals surface area (Å²) in [4.78, 5) is 28.9. The Balaban J connectivity index is 1.58. The zero-order valence-corrected chi connectivity index (χ0v) is 24.6. The highest BCUT2D eigenvalue weighted by Crippen LogP contribution is 2.50. The molecule has 0 amide bonds. The van der Waals surface area contributed by atoms with E-state index in [2.05, 4.69) is 11.4 Å². The first kappa shape index (κ1) is 28.3. The van der Waals surface area contributed by atoms with E-state index >= 15 is 0 Å². The lowest BCUT2D eigenvalue weighted by molar-refractivity contribution is -0.140.